The minimum atomic E-state index is -0.955. The lowest BCUT2D eigenvalue weighted by molar-refractivity contribution is 0.109. The molecule has 1 atom stereocenters. The van der Waals surface area contributed by atoms with Crippen molar-refractivity contribution in [1.29, 1.82) is 0 Å². The van der Waals surface area contributed by atoms with Gasteiger partial charge in [-0.2, -0.15) is 0 Å². The molecule has 5 nitrogen and oxygen atoms in total. The summed E-state index contributed by atoms with van der Waals surface area (Å²) >= 11 is 6.36. The van der Waals surface area contributed by atoms with Crippen LogP contribution in [0.1, 0.15) is 11.7 Å². The van der Waals surface area contributed by atoms with Gasteiger partial charge in [-0.05, 0) is 29.8 Å². The number of piperazine rings is 1. The molecule has 28 heavy (non-hydrogen) atoms. The number of hydrogen-bond acceptors (Lipinski definition) is 5. The highest BCUT2D eigenvalue weighted by Crippen LogP contribution is 2.31. The van der Waals surface area contributed by atoms with Crippen LogP contribution in [0.15, 0.2) is 36.4 Å². The van der Waals surface area contributed by atoms with Gasteiger partial charge in [0.2, 0.25) is 0 Å². The standard InChI is InChI=1S/C20H23ClF2N2O3/c21-18-12-17(28-8-7-26)1-2-19(18)25-5-3-24(4-6-25)13-20(27)14-9-15(22)11-16(23)10-14/h1-2,9-12,20,26-27H,3-8,13H2/t20-/m1/s1. The Morgan fingerprint density at radius 3 is 2.32 bits per heavy atom. The molecule has 0 bridgehead atoms. The van der Waals surface area contributed by atoms with E-state index in [1.807, 2.05) is 12.1 Å². The van der Waals surface area contributed by atoms with Crippen molar-refractivity contribution in [2.24, 2.45) is 0 Å². The molecular formula is C20H23ClF2N2O3. The summed E-state index contributed by atoms with van der Waals surface area (Å²) in [5.74, 6) is -0.785. The van der Waals surface area contributed by atoms with Gasteiger partial charge in [0.15, 0.2) is 0 Å². The zero-order valence-corrected chi connectivity index (χ0v) is 16.1. The Kier molecular flexibility index (Phi) is 7.07. The lowest BCUT2D eigenvalue weighted by Gasteiger charge is -2.37. The van der Waals surface area contributed by atoms with E-state index < -0.39 is 17.7 Å². The first-order valence-corrected chi connectivity index (χ1v) is 9.48. The van der Waals surface area contributed by atoms with E-state index in [2.05, 4.69) is 9.80 Å². The van der Waals surface area contributed by atoms with Gasteiger partial charge in [-0.3, -0.25) is 4.90 Å². The van der Waals surface area contributed by atoms with Gasteiger partial charge < -0.3 is 19.8 Å². The predicted molar refractivity (Wildman–Crippen MR) is 104 cm³/mol. The topological polar surface area (TPSA) is 56.2 Å². The zero-order valence-electron chi connectivity index (χ0n) is 15.3. The van der Waals surface area contributed by atoms with Crippen LogP contribution < -0.4 is 9.64 Å². The summed E-state index contributed by atoms with van der Waals surface area (Å²) in [5.41, 5.74) is 1.13. The highest BCUT2D eigenvalue weighted by atomic mass is 35.5. The summed E-state index contributed by atoms with van der Waals surface area (Å²) in [6, 6.07) is 8.52. The second-order valence-corrected chi connectivity index (χ2v) is 7.10. The highest BCUT2D eigenvalue weighted by Gasteiger charge is 2.22. The van der Waals surface area contributed by atoms with Crippen LogP contribution in [0, 0.1) is 11.6 Å². The number of rotatable bonds is 7. The molecule has 1 saturated heterocycles. The van der Waals surface area contributed by atoms with E-state index in [-0.39, 0.29) is 18.8 Å². The summed E-state index contributed by atoms with van der Waals surface area (Å²) in [7, 11) is 0. The van der Waals surface area contributed by atoms with Crippen LogP contribution in [0.3, 0.4) is 0 Å². The lowest BCUT2D eigenvalue weighted by atomic mass is 10.1. The summed E-state index contributed by atoms with van der Waals surface area (Å²) in [4.78, 5) is 4.19. The summed E-state index contributed by atoms with van der Waals surface area (Å²) < 4.78 is 32.0. The maximum atomic E-state index is 13.3. The van der Waals surface area contributed by atoms with Crippen LogP contribution in [0.5, 0.6) is 5.75 Å². The van der Waals surface area contributed by atoms with Crippen molar-refractivity contribution < 1.29 is 23.7 Å². The minimum absolute atomic E-state index is 0.0601. The molecule has 0 radical (unpaired) electrons. The summed E-state index contributed by atoms with van der Waals surface area (Å²) in [6.45, 7) is 3.25. The van der Waals surface area contributed by atoms with Gasteiger partial charge >= 0.3 is 0 Å². The monoisotopic (exact) mass is 412 g/mol. The third-order valence-electron chi connectivity index (χ3n) is 4.69. The number of halogens is 3. The number of hydrogen-bond donors (Lipinski definition) is 2. The van der Waals surface area contributed by atoms with E-state index in [1.54, 1.807) is 6.07 Å². The normalized spacial score (nSPS) is 16.2. The minimum Gasteiger partial charge on any atom is -0.491 e. The van der Waals surface area contributed by atoms with Crippen molar-refractivity contribution in [3.8, 4) is 5.75 Å². The Bertz CT molecular complexity index is 781. The smallest absolute Gasteiger partial charge is 0.126 e. The largest absolute Gasteiger partial charge is 0.491 e. The van der Waals surface area contributed by atoms with Gasteiger partial charge in [-0.1, -0.05) is 11.6 Å². The third-order valence-corrected chi connectivity index (χ3v) is 5.00. The molecule has 152 valence electrons. The lowest BCUT2D eigenvalue weighted by Crippen LogP contribution is -2.47. The van der Waals surface area contributed by atoms with Gasteiger partial charge in [0.1, 0.15) is 24.0 Å². The number of β-amino-alcohol motifs (C(OH)–C–C–N with tert-alkyl or cyclic N) is 1. The number of nitrogens with zero attached hydrogens (tertiary/aromatic N) is 2. The summed E-state index contributed by atoms with van der Waals surface area (Å²) in [5, 5.41) is 19.7. The molecule has 0 aliphatic carbocycles. The van der Waals surface area contributed by atoms with Crippen molar-refractivity contribution in [2.45, 2.75) is 6.10 Å². The van der Waals surface area contributed by atoms with Crippen LogP contribution in [0.2, 0.25) is 5.02 Å². The molecule has 0 spiro atoms. The molecule has 0 unspecified atom stereocenters. The van der Waals surface area contributed by atoms with E-state index in [0.29, 0.717) is 43.5 Å². The molecule has 1 heterocycles. The Morgan fingerprint density at radius 1 is 1.04 bits per heavy atom. The number of aliphatic hydroxyl groups excluding tert-OH is 2. The quantitative estimate of drug-likeness (QED) is 0.732. The average Bonchev–Trinajstić information content (AvgIpc) is 2.66. The second kappa shape index (κ2) is 9.52. The molecule has 0 saturated carbocycles. The molecule has 3 rings (SSSR count). The van der Waals surface area contributed by atoms with E-state index in [9.17, 15) is 13.9 Å². The first-order valence-electron chi connectivity index (χ1n) is 9.11. The van der Waals surface area contributed by atoms with Gasteiger partial charge in [-0.25, -0.2) is 8.78 Å². The Balaban J connectivity index is 1.55. The summed E-state index contributed by atoms with van der Waals surface area (Å²) in [6.07, 6.45) is -0.955. The second-order valence-electron chi connectivity index (χ2n) is 6.69. The molecule has 0 aromatic heterocycles. The molecule has 1 aliphatic heterocycles. The van der Waals surface area contributed by atoms with Gasteiger partial charge in [0.25, 0.3) is 0 Å². The van der Waals surface area contributed by atoms with Crippen LogP contribution >= 0.6 is 11.6 Å². The molecule has 1 fully saturated rings. The maximum absolute atomic E-state index is 13.3. The molecule has 1 aliphatic rings. The number of anilines is 1. The van der Waals surface area contributed by atoms with Crippen molar-refractivity contribution in [2.75, 3.05) is 50.8 Å². The molecular weight excluding hydrogens is 390 g/mol. The maximum Gasteiger partial charge on any atom is 0.126 e. The Hall–Kier alpha value is -1.93. The molecule has 0 amide bonds. The number of benzene rings is 2. The van der Waals surface area contributed by atoms with E-state index >= 15 is 0 Å². The van der Waals surface area contributed by atoms with Crippen molar-refractivity contribution in [3.05, 3.63) is 58.6 Å². The van der Waals surface area contributed by atoms with E-state index in [1.165, 1.54) is 0 Å². The third kappa shape index (κ3) is 5.32. The SMILES string of the molecule is OCCOc1ccc(N2CCN(C[C@@H](O)c3cc(F)cc(F)c3)CC2)c(Cl)c1. The van der Waals surface area contributed by atoms with Gasteiger partial charge in [0, 0.05) is 44.9 Å². The Labute approximate surface area is 167 Å². The van der Waals surface area contributed by atoms with E-state index in [0.717, 1.165) is 23.9 Å². The van der Waals surface area contributed by atoms with Crippen LogP contribution in [-0.2, 0) is 0 Å². The van der Waals surface area contributed by atoms with E-state index in [4.69, 9.17) is 21.4 Å². The van der Waals surface area contributed by atoms with Crippen LogP contribution in [0.4, 0.5) is 14.5 Å². The molecule has 8 heteroatoms. The fourth-order valence-electron chi connectivity index (χ4n) is 3.29. The fraction of sp³-hybridized carbons (Fsp3) is 0.400. The highest BCUT2D eigenvalue weighted by molar-refractivity contribution is 6.33. The van der Waals surface area contributed by atoms with Gasteiger partial charge in [0.05, 0.1) is 23.4 Å². The Morgan fingerprint density at radius 2 is 1.71 bits per heavy atom. The number of aliphatic hydroxyl groups is 2. The first-order chi connectivity index (χ1) is 13.5. The van der Waals surface area contributed by atoms with Crippen molar-refractivity contribution >= 4 is 17.3 Å². The van der Waals surface area contributed by atoms with Crippen LogP contribution in [0.25, 0.3) is 0 Å². The van der Waals surface area contributed by atoms with Crippen LogP contribution in [-0.4, -0.2) is 61.1 Å². The first kappa shape index (κ1) is 20.8. The zero-order chi connectivity index (χ0) is 20.1. The van der Waals surface area contributed by atoms with Crippen molar-refractivity contribution in [1.82, 2.24) is 4.90 Å². The average molecular weight is 413 g/mol. The number of ether oxygens (including phenoxy) is 1. The fourth-order valence-corrected chi connectivity index (χ4v) is 3.58. The molecule has 2 aromatic carbocycles. The molecule has 2 aromatic rings. The molecule has 2 N–H and O–H groups in total. The predicted octanol–water partition coefficient (Wildman–Crippen LogP) is 2.84. The van der Waals surface area contributed by atoms with Crippen molar-refractivity contribution in [3.63, 3.8) is 0 Å². The van der Waals surface area contributed by atoms with Gasteiger partial charge in [-0.15, -0.1) is 0 Å².